The highest BCUT2D eigenvalue weighted by Gasteiger charge is 2.17. The molecule has 0 N–H and O–H groups in total. The largest absolute Gasteiger partial charge is 0.493 e. The number of methoxy groups -OCH3 is 1. The van der Waals surface area contributed by atoms with Gasteiger partial charge in [-0.25, -0.2) is 14.5 Å². The summed E-state index contributed by atoms with van der Waals surface area (Å²) in [4.78, 5) is 19.9. The number of thioether (sulfide) groups is 1. The highest BCUT2D eigenvalue weighted by molar-refractivity contribution is 7.98. The number of hydrogen-bond acceptors (Lipinski definition) is 7. The molecule has 3 aromatic rings. The summed E-state index contributed by atoms with van der Waals surface area (Å²) >= 11 is 14.2. The molecule has 0 fully saturated rings. The van der Waals surface area contributed by atoms with Gasteiger partial charge in [-0.1, -0.05) is 23.2 Å². The van der Waals surface area contributed by atoms with Gasteiger partial charge in [0.15, 0.2) is 5.65 Å². The van der Waals surface area contributed by atoms with E-state index in [2.05, 4.69) is 19.8 Å². The zero-order chi connectivity index (χ0) is 20.8. The molecule has 0 saturated carbocycles. The fraction of sp³-hybridized carbons (Fsp3) is 0.368. The first-order valence-corrected chi connectivity index (χ1v) is 10.9. The molecule has 0 amide bonds. The normalized spacial score (nSPS) is 11.0. The number of imidazole rings is 1. The minimum atomic E-state index is -0.223. The van der Waals surface area contributed by atoms with Crippen molar-refractivity contribution in [3.05, 3.63) is 46.0 Å². The number of carbonyl (C=O) groups is 1. The predicted octanol–water partition coefficient (Wildman–Crippen LogP) is 4.47. The number of benzene rings is 1. The number of ether oxygens (including phenoxy) is 2. The van der Waals surface area contributed by atoms with Gasteiger partial charge in [-0.15, -0.1) is 11.8 Å². The lowest BCUT2D eigenvalue weighted by Crippen LogP contribution is -2.06. The molecular weight excluding hydrogens is 435 g/mol. The fourth-order valence-electron chi connectivity index (χ4n) is 2.82. The summed E-state index contributed by atoms with van der Waals surface area (Å²) in [6.07, 6.45) is 7.41. The Morgan fingerprint density at radius 2 is 2.07 bits per heavy atom. The minimum absolute atomic E-state index is 0.223. The van der Waals surface area contributed by atoms with E-state index in [-0.39, 0.29) is 5.97 Å². The van der Waals surface area contributed by atoms with Crippen LogP contribution in [0.1, 0.15) is 30.5 Å². The van der Waals surface area contributed by atoms with Crippen molar-refractivity contribution in [2.24, 2.45) is 0 Å². The number of halogens is 2. The van der Waals surface area contributed by atoms with Gasteiger partial charge >= 0.3 is 5.97 Å². The van der Waals surface area contributed by atoms with Gasteiger partial charge in [0.1, 0.15) is 17.1 Å². The Balaban J connectivity index is 1.78. The molecular formula is C19H20Cl2N4O3S. The van der Waals surface area contributed by atoms with E-state index in [4.69, 9.17) is 27.9 Å². The van der Waals surface area contributed by atoms with Crippen LogP contribution in [0.4, 0.5) is 0 Å². The number of aromatic nitrogens is 4. The standard InChI is InChI=1S/C19H20Cl2N4O3S/c1-27-16(26)5-3-4-8-28-15-7-6-14(20)17(21)13(15)9-12-10-22-18-19(29-2)23-11-24-25(12)18/h6-7,10-11H,3-5,8-9H2,1-2H3. The minimum Gasteiger partial charge on any atom is -0.493 e. The van der Waals surface area contributed by atoms with E-state index in [0.29, 0.717) is 53.7 Å². The molecule has 0 saturated heterocycles. The second-order valence-corrected chi connectivity index (χ2v) is 7.73. The molecule has 2 heterocycles. The fourth-order valence-corrected chi connectivity index (χ4v) is 3.69. The predicted molar refractivity (Wildman–Crippen MR) is 113 cm³/mol. The molecule has 1 aromatic carbocycles. The Bertz CT molecular complexity index is 1010. The zero-order valence-electron chi connectivity index (χ0n) is 16.0. The van der Waals surface area contributed by atoms with Crippen molar-refractivity contribution in [1.29, 1.82) is 0 Å². The van der Waals surface area contributed by atoms with Crippen LogP contribution in [0, 0.1) is 0 Å². The van der Waals surface area contributed by atoms with E-state index in [1.54, 1.807) is 22.8 Å². The number of rotatable bonds is 9. The summed E-state index contributed by atoms with van der Waals surface area (Å²) in [6, 6.07) is 3.51. The molecule has 0 aliphatic rings. The van der Waals surface area contributed by atoms with Crippen LogP contribution in [0.25, 0.3) is 5.65 Å². The van der Waals surface area contributed by atoms with Gasteiger partial charge in [-0.3, -0.25) is 4.79 Å². The molecule has 0 spiro atoms. The summed E-state index contributed by atoms with van der Waals surface area (Å²) in [5, 5.41) is 5.99. The van der Waals surface area contributed by atoms with Crippen molar-refractivity contribution in [2.45, 2.75) is 30.7 Å². The van der Waals surface area contributed by atoms with Crippen LogP contribution < -0.4 is 4.74 Å². The van der Waals surface area contributed by atoms with Crippen LogP contribution in [0.2, 0.25) is 10.0 Å². The average Bonchev–Trinajstić information content (AvgIpc) is 3.15. The molecule has 0 atom stereocenters. The number of esters is 1. The van der Waals surface area contributed by atoms with E-state index in [1.165, 1.54) is 25.2 Å². The maximum absolute atomic E-state index is 11.2. The topological polar surface area (TPSA) is 78.6 Å². The van der Waals surface area contributed by atoms with Crippen LogP contribution in [-0.4, -0.2) is 45.5 Å². The first kappa shape index (κ1) is 21.7. The summed E-state index contributed by atoms with van der Waals surface area (Å²) in [7, 11) is 1.38. The summed E-state index contributed by atoms with van der Waals surface area (Å²) in [6.45, 7) is 0.452. The third-order valence-corrected chi connectivity index (χ3v) is 5.82. The molecule has 7 nitrogen and oxygen atoms in total. The molecule has 3 rings (SSSR count). The van der Waals surface area contributed by atoms with Gasteiger partial charge in [-0.05, 0) is 31.2 Å². The first-order chi connectivity index (χ1) is 14.0. The van der Waals surface area contributed by atoms with E-state index >= 15 is 0 Å². The smallest absolute Gasteiger partial charge is 0.305 e. The third-order valence-electron chi connectivity index (χ3n) is 4.31. The van der Waals surface area contributed by atoms with Crippen LogP contribution in [-0.2, 0) is 16.0 Å². The Hall–Kier alpha value is -2.03. The molecule has 0 radical (unpaired) electrons. The van der Waals surface area contributed by atoms with Crippen LogP contribution in [0.15, 0.2) is 29.7 Å². The quantitative estimate of drug-likeness (QED) is 0.268. The molecule has 29 heavy (non-hydrogen) atoms. The van der Waals surface area contributed by atoms with E-state index in [9.17, 15) is 4.79 Å². The number of hydrogen-bond donors (Lipinski definition) is 0. The Morgan fingerprint density at radius 1 is 1.24 bits per heavy atom. The number of nitrogens with zero attached hydrogens (tertiary/aromatic N) is 4. The number of unbranched alkanes of at least 4 members (excludes halogenated alkanes) is 1. The monoisotopic (exact) mass is 454 g/mol. The molecule has 0 aliphatic carbocycles. The van der Waals surface area contributed by atoms with Gasteiger partial charge in [-0.2, -0.15) is 5.10 Å². The van der Waals surface area contributed by atoms with Crippen LogP contribution in [0.5, 0.6) is 5.75 Å². The maximum Gasteiger partial charge on any atom is 0.305 e. The number of fused-ring (bicyclic) bond motifs is 1. The molecule has 0 bridgehead atoms. The van der Waals surface area contributed by atoms with Gasteiger partial charge < -0.3 is 9.47 Å². The lowest BCUT2D eigenvalue weighted by Gasteiger charge is -2.14. The van der Waals surface area contributed by atoms with E-state index < -0.39 is 0 Å². The van der Waals surface area contributed by atoms with Crippen molar-refractivity contribution in [3.8, 4) is 5.75 Å². The average molecular weight is 455 g/mol. The van der Waals surface area contributed by atoms with Gasteiger partial charge in [0, 0.05) is 18.4 Å². The highest BCUT2D eigenvalue weighted by Crippen LogP contribution is 2.35. The summed E-state index contributed by atoms with van der Waals surface area (Å²) < 4.78 is 12.3. The Kier molecular flexibility index (Phi) is 7.57. The highest BCUT2D eigenvalue weighted by atomic mass is 35.5. The van der Waals surface area contributed by atoms with Gasteiger partial charge in [0.2, 0.25) is 0 Å². The summed E-state index contributed by atoms with van der Waals surface area (Å²) in [5.74, 6) is 0.422. The van der Waals surface area contributed by atoms with Crippen molar-refractivity contribution in [3.63, 3.8) is 0 Å². The van der Waals surface area contributed by atoms with E-state index in [0.717, 1.165) is 16.3 Å². The summed E-state index contributed by atoms with van der Waals surface area (Å²) in [5.41, 5.74) is 2.30. The molecule has 10 heteroatoms. The van der Waals surface area contributed by atoms with Crippen molar-refractivity contribution in [2.75, 3.05) is 20.0 Å². The molecule has 154 valence electrons. The second-order valence-electron chi connectivity index (χ2n) is 6.15. The van der Waals surface area contributed by atoms with Crippen molar-refractivity contribution in [1.82, 2.24) is 19.6 Å². The zero-order valence-corrected chi connectivity index (χ0v) is 18.4. The van der Waals surface area contributed by atoms with Crippen molar-refractivity contribution >= 4 is 46.6 Å². The third kappa shape index (κ3) is 5.12. The molecule has 0 aliphatic heterocycles. The molecule has 2 aromatic heterocycles. The lowest BCUT2D eigenvalue weighted by molar-refractivity contribution is -0.140. The van der Waals surface area contributed by atoms with E-state index in [1.807, 2.05) is 6.26 Å². The Morgan fingerprint density at radius 3 is 2.83 bits per heavy atom. The van der Waals surface area contributed by atoms with Gasteiger partial charge in [0.25, 0.3) is 0 Å². The second kappa shape index (κ2) is 10.1. The maximum atomic E-state index is 11.2. The van der Waals surface area contributed by atoms with Crippen LogP contribution >= 0.6 is 35.0 Å². The first-order valence-electron chi connectivity index (χ1n) is 8.93. The van der Waals surface area contributed by atoms with Crippen molar-refractivity contribution < 1.29 is 14.3 Å². The number of carbonyl (C=O) groups excluding carboxylic acids is 1. The molecule has 0 unspecified atom stereocenters. The SMILES string of the molecule is COC(=O)CCCCOc1ccc(Cl)c(Cl)c1Cc1cnc2c(SC)ncnn12. The lowest BCUT2D eigenvalue weighted by atomic mass is 10.1. The van der Waals surface area contributed by atoms with Gasteiger partial charge in [0.05, 0.1) is 35.7 Å². The Labute approximate surface area is 182 Å². The van der Waals surface area contributed by atoms with Crippen LogP contribution in [0.3, 0.4) is 0 Å².